The fraction of sp³-hybridized carbons (Fsp3) is 0.536. The summed E-state index contributed by atoms with van der Waals surface area (Å²) in [7, 11) is 3.49. The molecule has 0 radical (unpaired) electrons. The Balaban J connectivity index is 1.91. The normalized spacial score (nSPS) is 18.4. The van der Waals surface area contributed by atoms with Gasteiger partial charge in [0.15, 0.2) is 0 Å². The van der Waals surface area contributed by atoms with Crippen molar-refractivity contribution < 1.29 is 23.8 Å². The zero-order valence-electron chi connectivity index (χ0n) is 21.6. The SMILES string of the molecule is CNCC(C)NC(=O)N1CCCC(C(O)(CCCCOC)c2cc(F)ccc2Oc2ccccc2)C1. The van der Waals surface area contributed by atoms with Gasteiger partial charge in [-0.15, -0.1) is 0 Å². The molecule has 0 bridgehead atoms. The first-order valence-corrected chi connectivity index (χ1v) is 12.8. The van der Waals surface area contributed by atoms with Gasteiger partial charge in [-0.25, -0.2) is 9.18 Å². The van der Waals surface area contributed by atoms with E-state index in [1.54, 1.807) is 18.1 Å². The Kier molecular flexibility index (Phi) is 10.5. The molecule has 3 N–H and O–H groups in total. The summed E-state index contributed by atoms with van der Waals surface area (Å²) in [4.78, 5) is 14.7. The predicted molar refractivity (Wildman–Crippen MR) is 139 cm³/mol. The molecule has 3 unspecified atom stereocenters. The molecule has 2 aromatic carbocycles. The summed E-state index contributed by atoms with van der Waals surface area (Å²) in [6.07, 6.45) is 3.33. The maximum atomic E-state index is 14.6. The maximum absolute atomic E-state index is 14.6. The lowest BCUT2D eigenvalue weighted by Crippen LogP contribution is -2.53. The molecule has 7 nitrogen and oxygen atoms in total. The average molecular weight is 502 g/mol. The quantitative estimate of drug-likeness (QED) is 0.369. The number of unbranched alkanes of at least 4 members (excludes halogenated alkanes) is 1. The third kappa shape index (κ3) is 7.41. The van der Waals surface area contributed by atoms with Crippen LogP contribution in [0.3, 0.4) is 0 Å². The summed E-state index contributed by atoms with van der Waals surface area (Å²) in [5.74, 6) is 0.308. The number of halogens is 1. The Hall–Kier alpha value is -2.68. The third-order valence-corrected chi connectivity index (χ3v) is 6.80. The molecule has 3 rings (SSSR count). The van der Waals surface area contributed by atoms with E-state index in [0.29, 0.717) is 56.1 Å². The molecule has 1 heterocycles. The summed E-state index contributed by atoms with van der Waals surface area (Å²) >= 11 is 0. The molecule has 36 heavy (non-hydrogen) atoms. The highest BCUT2D eigenvalue weighted by Crippen LogP contribution is 2.44. The minimum Gasteiger partial charge on any atom is -0.457 e. The Labute approximate surface area is 214 Å². The van der Waals surface area contributed by atoms with E-state index in [1.165, 1.54) is 12.1 Å². The summed E-state index contributed by atoms with van der Waals surface area (Å²) in [5.41, 5.74) is -0.963. The molecular weight excluding hydrogens is 461 g/mol. The van der Waals surface area contributed by atoms with E-state index in [4.69, 9.17) is 9.47 Å². The van der Waals surface area contributed by atoms with Crippen molar-refractivity contribution in [2.24, 2.45) is 5.92 Å². The van der Waals surface area contributed by atoms with Gasteiger partial charge in [0, 0.05) is 50.9 Å². The second-order valence-electron chi connectivity index (χ2n) is 9.62. The molecule has 2 amide bonds. The number of benzene rings is 2. The smallest absolute Gasteiger partial charge is 0.317 e. The van der Waals surface area contributed by atoms with Crippen LogP contribution in [-0.4, -0.2) is 62.5 Å². The molecule has 1 aliphatic heterocycles. The van der Waals surface area contributed by atoms with Gasteiger partial charge in [-0.3, -0.25) is 0 Å². The van der Waals surface area contributed by atoms with Gasteiger partial charge in [0.2, 0.25) is 0 Å². The maximum Gasteiger partial charge on any atom is 0.317 e. The third-order valence-electron chi connectivity index (χ3n) is 6.80. The number of para-hydroxylation sites is 1. The number of hydrogen-bond donors (Lipinski definition) is 3. The van der Waals surface area contributed by atoms with E-state index in [1.807, 2.05) is 44.3 Å². The first kappa shape index (κ1) is 27.9. The second-order valence-corrected chi connectivity index (χ2v) is 9.62. The van der Waals surface area contributed by atoms with E-state index in [9.17, 15) is 14.3 Å². The van der Waals surface area contributed by atoms with Gasteiger partial charge < -0.3 is 30.1 Å². The Morgan fingerprint density at radius 1 is 1.25 bits per heavy atom. The highest BCUT2D eigenvalue weighted by Gasteiger charge is 2.43. The van der Waals surface area contributed by atoms with Gasteiger partial charge in [-0.05, 0) is 76.4 Å². The van der Waals surface area contributed by atoms with Crippen LogP contribution in [0, 0.1) is 11.7 Å². The number of piperidine rings is 1. The molecule has 0 spiro atoms. The van der Waals surface area contributed by atoms with Crippen molar-refractivity contribution in [2.45, 2.75) is 50.7 Å². The zero-order valence-corrected chi connectivity index (χ0v) is 21.6. The molecule has 1 saturated heterocycles. The molecule has 1 aliphatic rings. The number of hydrogen-bond acceptors (Lipinski definition) is 5. The van der Waals surface area contributed by atoms with Crippen LogP contribution in [0.25, 0.3) is 0 Å². The molecular formula is C28H40FN3O4. The number of amides is 2. The average Bonchev–Trinajstić information content (AvgIpc) is 2.88. The predicted octanol–water partition coefficient (Wildman–Crippen LogP) is 4.65. The molecule has 2 aromatic rings. The standard InChI is InChI=1S/C28H40FN3O4/c1-21(19-30-2)31-27(33)32-16-9-10-22(20-32)28(34,15-7-8-17-35-3)25-18-23(29)13-14-26(25)36-24-11-5-4-6-12-24/h4-6,11-14,18,21-22,30,34H,7-10,15-17,19-20H2,1-3H3,(H,31,33). The number of nitrogens with zero attached hydrogens (tertiary/aromatic N) is 1. The molecule has 0 aliphatic carbocycles. The first-order chi connectivity index (χ1) is 17.4. The van der Waals surface area contributed by atoms with Crippen molar-refractivity contribution >= 4 is 6.03 Å². The highest BCUT2D eigenvalue weighted by molar-refractivity contribution is 5.74. The van der Waals surface area contributed by atoms with Crippen molar-refractivity contribution in [3.63, 3.8) is 0 Å². The van der Waals surface area contributed by atoms with Crippen LogP contribution in [-0.2, 0) is 10.3 Å². The van der Waals surface area contributed by atoms with Crippen molar-refractivity contribution in [2.75, 3.05) is 40.4 Å². The number of carbonyl (C=O) groups excluding carboxylic acids is 1. The molecule has 0 aromatic heterocycles. The van der Waals surface area contributed by atoms with E-state index in [2.05, 4.69) is 10.6 Å². The Morgan fingerprint density at radius 3 is 2.75 bits per heavy atom. The number of nitrogens with one attached hydrogen (secondary N) is 2. The topological polar surface area (TPSA) is 83.1 Å². The van der Waals surface area contributed by atoms with E-state index in [-0.39, 0.29) is 18.0 Å². The van der Waals surface area contributed by atoms with Crippen LogP contribution in [0.15, 0.2) is 48.5 Å². The number of ether oxygens (including phenoxy) is 2. The molecule has 8 heteroatoms. The van der Waals surface area contributed by atoms with Gasteiger partial charge in [0.25, 0.3) is 0 Å². The minimum absolute atomic E-state index is 0.0232. The van der Waals surface area contributed by atoms with E-state index < -0.39 is 11.4 Å². The molecule has 3 atom stereocenters. The first-order valence-electron chi connectivity index (χ1n) is 12.8. The van der Waals surface area contributed by atoms with Gasteiger partial charge in [0.1, 0.15) is 17.3 Å². The fourth-order valence-electron chi connectivity index (χ4n) is 4.96. The number of likely N-dealkylation sites (N-methyl/N-ethyl adjacent to an activating group) is 1. The number of aliphatic hydroxyl groups is 1. The van der Waals surface area contributed by atoms with Gasteiger partial charge >= 0.3 is 6.03 Å². The largest absolute Gasteiger partial charge is 0.457 e. The van der Waals surface area contributed by atoms with Gasteiger partial charge in [-0.1, -0.05) is 18.2 Å². The summed E-state index contributed by atoms with van der Waals surface area (Å²) in [6, 6.07) is 13.4. The molecule has 0 saturated carbocycles. The number of urea groups is 1. The van der Waals surface area contributed by atoms with Crippen molar-refractivity contribution in [3.8, 4) is 11.5 Å². The lowest BCUT2D eigenvalue weighted by molar-refractivity contribution is -0.0576. The van der Waals surface area contributed by atoms with Crippen LogP contribution in [0.2, 0.25) is 0 Å². The number of methoxy groups -OCH3 is 1. The second kappa shape index (κ2) is 13.6. The fourth-order valence-corrected chi connectivity index (χ4v) is 4.96. The van der Waals surface area contributed by atoms with E-state index in [0.717, 1.165) is 19.3 Å². The summed E-state index contributed by atoms with van der Waals surface area (Å²) in [6.45, 7) is 4.18. The summed E-state index contributed by atoms with van der Waals surface area (Å²) in [5, 5.41) is 18.4. The molecule has 198 valence electrons. The van der Waals surface area contributed by atoms with Crippen LogP contribution in [0.4, 0.5) is 9.18 Å². The minimum atomic E-state index is -1.38. The van der Waals surface area contributed by atoms with Gasteiger partial charge in [-0.2, -0.15) is 0 Å². The Bertz CT molecular complexity index is 961. The monoisotopic (exact) mass is 501 g/mol. The zero-order chi connectivity index (χ0) is 26.0. The summed E-state index contributed by atoms with van der Waals surface area (Å²) < 4.78 is 25.9. The van der Waals surface area contributed by atoms with Crippen LogP contribution in [0.5, 0.6) is 11.5 Å². The number of likely N-dealkylation sites (tertiary alicyclic amines) is 1. The lowest BCUT2D eigenvalue weighted by Gasteiger charge is -2.43. The van der Waals surface area contributed by atoms with Gasteiger partial charge in [0.05, 0.1) is 5.60 Å². The van der Waals surface area contributed by atoms with Crippen LogP contribution < -0.4 is 15.4 Å². The number of rotatable bonds is 12. The van der Waals surface area contributed by atoms with E-state index >= 15 is 0 Å². The highest BCUT2D eigenvalue weighted by atomic mass is 19.1. The van der Waals surface area contributed by atoms with Crippen LogP contribution in [0.1, 0.15) is 44.6 Å². The van der Waals surface area contributed by atoms with Crippen molar-refractivity contribution in [3.05, 3.63) is 59.9 Å². The molecule has 1 fully saturated rings. The van der Waals surface area contributed by atoms with Crippen molar-refractivity contribution in [1.29, 1.82) is 0 Å². The Morgan fingerprint density at radius 2 is 2.03 bits per heavy atom. The number of carbonyl (C=O) groups is 1. The van der Waals surface area contributed by atoms with Crippen LogP contribution >= 0.6 is 0 Å². The van der Waals surface area contributed by atoms with Crippen molar-refractivity contribution in [1.82, 2.24) is 15.5 Å². The lowest BCUT2D eigenvalue weighted by atomic mass is 9.73.